The predicted molar refractivity (Wildman–Crippen MR) is 85.0 cm³/mol. The first-order valence-electron chi connectivity index (χ1n) is 7.52. The lowest BCUT2D eigenvalue weighted by Crippen LogP contribution is -2.36. The summed E-state index contributed by atoms with van der Waals surface area (Å²) in [4.78, 5) is 33.0. The number of hydrogen-bond acceptors (Lipinski definition) is 3. The Morgan fingerprint density at radius 2 is 1.55 bits per heavy atom. The van der Waals surface area contributed by atoms with Gasteiger partial charge < -0.3 is 16.4 Å². The van der Waals surface area contributed by atoms with Crippen LogP contribution in [0.1, 0.15) is 38.5 Å². The predicted octanol–water partition coefficient (Wildman–Crippen LogP) is 1.57. The molecule has 1 aromatic rings. The lowest BCUT2D eigenvalue weighted by Gasteiger charge is -2.05. The number of unbranched alkanes of at least 4 members (excludes halogenated alkanes) is 4. The van der Waals surface area contributed by atoms with Crippen molar-refractivity contribution >= 4 is 23.4 Å². The number of carbonyl (C=O) groups is 3. The molecule has 22 heavy (non-hydrogen) atoms. The number of benzene rings is 1. The van der Waals surface area contributed by atoms with Gasteiger partial charge in [-0.3, -0.25) is 14.4 Å². The van der Waals surface area contributed by atoms with Crippen molar-refractivity contribution in [1.29, 1.82) is 0 Å². The van der Waals surface area contributed by atoms with Gasteiger partial charge in [0.1, 0.15) is 0 Å². The molecular formula is C16H23N3O3. The molecular weight excluding hydrogens is 282 g/mol. The molecule has 0 bridgehead atoms. The van der Waals surface area contributed by atoms with Crippen molar-refractivity contribution < 1.29 is 14.4 Å². The van der Waals surface area contributed by atoms with Crippen LogP contribution >= 0.6 is 0 Å². The molecule has 0 aliphatic rings. The van der Waals surface area contributed by atoms with E-state index in [0.717, 1.165) is 37.8 Å². The van der Waals surface area contributed by atoms with Gasteiger partial charge in [0.2, 0.25) is 5.91 Å². The Labute approximate surface area is 130 Å². The zero-order valence-corrected chi connectivity index (χ0v) is 12.6. The number of anilines is 1. The first-order valence-corrected chi connectivity index (χ1v) is 7.52. The summed E-state index contributed by atoms with van der Waals surface area (Å²) in [6.45, 7) is 0.455. The minimum absolute atomic E-state index is 0.0277. The second kappa shape index (κ2) is 10.4. The van der Waals surface area contributed by atoms with Crippen LogP contribution in [0, 0.1) is 0 Å². The Hall–Kier alpha value is -2.37. The smallest absolute Gasteiger partial charge is 0.309 e. The summed E-state index contributed by atoms with van der Waals surface area (Å²) in [5.74, 6) is -1.66. The van der Waals surface area contributed by atoms with Crippen LogP contribution in [0.2, 0.25) is 0 Å². The lowest BCUT2D eigenvalue weighted by molar-refractivity contribution is -0.137. The molecule has 6 nitrogen and oxygen atoms in total. The summed E-state index contributed by atoms with van der Waals surface area (Å²) in [6.07, 6.45) is 5.05. The highest BCUT2D eigenvalue weighted by molar-refractivity contribution is 6.34. The van der Waals surface area contributed by atoms with Gasteiger partial charge in [0.15, 0.2) is 0 Å². The molecule has 120 valence electrons. The summed E-state index contributed by atoms with van der Waals surface area (Å²) < 4.78 is 0. The molecule has 1 rings (SSSR count). The quantitative estimate of drug-likeness (QED) is 0.476. The number of amides is 3. The van der Waals surface area contributed by atoms with Crippen LogP contribution < -0.4 is 16.4 Å². The van der Waals surface area contributed by atoms with E-state index < -0.39 is 11.8 Å². The van der Waals surface area contributed by atoms with Gasteiger partial charge in [-0.25, -0.2) is 0 Å². The first kappa shape index (κ1) is 17.7. The van der Waals surface area contributed by atoms with Gasteiger partial charge >= 0.3 is 11.8 Å². The van der Waals surface area contributed by atoms with E-state index in [-0.39, 0.29) is 5.91 Å². The highest BCUT2D eigenvalue weighted by atomic mass is 16.2. The summed E-state index contributed by atoms with van der Waals surface area (Å²) >= 11 is 0. The Morgan fingerprint density at radius 3 is 2.23 bits per heavy atom. The number of para-hydroxylation sites is 1. The standard InChI is InChI=1S/C16H23N3O3/c17-15(21)16(22)18-12-8-3-1-2-7-11-14(20)19-13-9-5-4-6-10-13/h4-6,9-10H,1-3,7-8,11-12H2,(H2,17,21)(H,18,22)(H,19,20). The Bertz CT molecular complexity index is 489. The monoisotopic (exact) mass is 305 g/mol. The molecule has 3 amide bonds. The molecule has 0 radical (unpaired) electrons. The molecule has 0 aliphatic heterocycles. The van der Waals surface area contributed by atoms with Crippen LogP contribution in [0.3, 0.4) is 0 Å². The molecule has 0 atom stereocenters. The Morgan fingerprint density at radius 1 is 0.909 bits per heavy atom. The SMILES string of the molecule is NC(=O)C(=O)NCCCCCCCC(=O)Nc1ccccc1. The fourth-order valence-corrected chi connectivity index (χ4v) is 1.97. The van der Waals surface area contributed by atoms with Gasteiger partial charge in [-0.2, -0.15) is 0 Å². The normalized spacial score (nSPS) is 10.0. The molecule has 6 heteroatoms. The van der Waals surface area contributed by atoms with Crippen molar-refractivity contribution in [1.82, 2.24) is 5.32 Å². The maximum absolute atomic E-state index is 11.7. The summed E-state index contributed by atoms with van der Waals surface area (Å²) in [5, 5.41) is 5.29. The average Bonchev–Trinajstić information content (AvgIpc) is 2.50. The van der Waals surface area contributed by atoms with Crippen molar-refractivity contribution in [3.05, 3.63) is 30.3 Å². The van der Waals surface area contributed by atoms with Crippen LogP contribution in [0.5, 0.6) is 0 Å². The average molecular weight is 305 g/mol. The third-order valence-corrected chi connectivity index (χ3v) is 3.15. The van der Waals surface area contributed by atoms with Crippen LogP contribution in [0.25, 0.3) is 0 Å². The number of hydrogen-bond donors (Lipinski definition) is 3. The van der Waals surface area contributed by atoms with Gasteiger partial charge in [0, 0.05) is 18.7 Å². The van der Waals surface area contributed by atoms with Crippen LogP contribution in [0.15, 0.2) is 30.3 Å². The first-order chi connectivity index (χ1) is 10.6. The van der Waals surface area contributed by atoms with E-state index in [9.17, 15) is 14.4 Å². The van der Waals surface area contributed by atoms with Crippen LogP contribution in [-0.2, 0) is 14.4 Å². The largest absolute Gasteiger partial charge is 0.361 e. The second-order valence-electron chi connectivity index (χ2n) is 5.05. The van der Waals surface area contributed by atoms with Gasteiger partial charge in [-0.05, 0) is 25.0 Å². The summed E-state index contributed by atoms with van der Waals surface area (Å²) in [5.41, 5.74) is 5.63. The van der Waals surface area contributed by atoms with E-state index in [4.69, 9.17) is 5.73 Å². The fraction of sp³-hybridized carbons (Fsp3) is 0.438. The zero-order chi connectivity index (χ0) is 16.2. The second-order valence-corrected chi connectivity index (χ2v) is 5.05. The zero-order valence-electron chi connectivity index (χ0n) is 12.6. The summed E-state index contributed by atoms with van der Waals surface area (Å²) in [6, 6.07) is 9.39. The Kier molecular flexibility index (Phi) is 8.33. The lowest BCUT2D eigenvalue weighted by atomic mass is 10.1. The molecule has 0 aliphatic carbocycles. The van der Waals surface area contributed by atoms with Crippen molar-refractivity contribution in [3.8, 4) is 0 Å². The van der Waals surface area contributed by atoms with E-state index in [1.165, 1.54) is 0 Å². The van der Waals surface area contributed by atoms with Crippen LogP contribution in [0.4, 0.5) is 5.69 Å². The minimum Gasteiger partial charge on any atom is -0.361 e. The molecule has 0 aromatic heterocycles. The number of nitrogens with one attached hydrogen (secondary N) is 2. The molecule has 0 unspecified atom stereocenters. The van der Waals surface area contributed by atoms with Gasteiger partial charge in [-0.1, -0.05) is 37.5 Å². The van der Waals surface area contributed by atoms with Gasteiger partial charge in [0.05, 0.1) is 0 Å². The van der Waals surface area contributed by atoms with E-state index >= 15 is 0 Å². The third-order valence-electron chi connectivity index (χ3n) is 3.15. The molecule has 0 saturated carbocycles. The molecule has 0 saturated heterocycles. The van der Waals surface area contributed by atoms with Gasteiger partial charge in [0.25, 0.3) is 0 Å². The number of rotatable bonds is 9. The highest BCUT2D eigenvalue weighted by Gasteiger charge is 2.06. The highest BCUT2D eigenvalue weighted by Crippen LogP contribution is 2.08. The number of primary amides is 1. The van der Waals surface area contributed by atoms with E-state index in [0.29, 0.717) is 13.0 Å². The minimum atomic E-state index is -0.954. The van der Waals surface area contributed by atoms with Crippen molar-refractivity contribution in [2.75, 3.05) is 11.9 Å². The van der Waals surface area contributed by atoms with Crippen molar-refractivity contribution in [2.24, 2.45) is 5.73 Å². The fourth-order valence-electron chi connectivity index (χ4n) is 1.97. The van der Waals surface area contributed by atoms with E-state index in [1.807, 2.05) is 30.3 Å². The van der Waals surface area contributed by atoms with Gasteiger partial charge in [-0.15, -0.1) is 0 Å². The Balaban J connectivity index is 1.96. The number of nitrogens with two attached hydrogens (primary N) is 1. The summed E-state index contributed by atoms with van der Waals surface area (Å²) in [7, 11) is 0. The molecule has 0 fully saturated rings. The number of carbonyl (C=O) groups excluding carboxylic acids is 3. The molecule has 0 spiro atoms. The van der Waals surface area contributed by atoms with Crippen LogP contribution in [-0.4, -0.2) is 24.3 Å². The van der Waals surface area contributed by atoms with E-state index in [2.05, 4.69) is 10.6 Å². The topological polar surface area (TPSA) is 101 Å². The van der Waals surface area contributed by atoms with E-state index in [1.54, 1.807) is 0 Å². The molecule has 4 N–H and O–H groups in total. The van der Waals surface area contributed by atoms with Crippen molar-refractivity contribution in [3.63, 3.8) is 0 Å². The molecule has 1 aromatic carbocycles. The third kappa shape index (κ3) is 8.04. The molecule has 0 heterocycles. The van der Waals surface area contributed by atoms with Crippen molar-refractivity contribution in [2.45, 2.75) is 38.5 Å². The maximum Gasteiger partial charge on any atom is 0.309 e. The maximum atomic E-state index is 11.7.